The van der Waals surface area contributed by atoms with Gasteiger partial charge in [-0.25, -0.2) is 12.7 Å². The summed E-state index contributed by atoms with van der Waals surface area (Å²) in [5, 5.41) is 3.06. The first kappa shape index (κ1) is 21.5. The molecular formula is C16H25ClN2O5S. The SMILES string of the molecule is COc1cc(NC(=O)CCN(CC(C)C)S(C)(=O)=O)c(OC)cc1Cl. The second-order valence-corrected chi connectivity index (χ2v) is 8.39. The molecule has 1 amide bonds. The lowest BCUT2D eigenvalue weighted by Crippen LogP contribution is -2.35. The lowest BCUT2D eigenvalue weighted by Gasteiger charge is -2.21. The first-order valence-electron chi connectivity index (χ1n) is 7.75. The van der Waals surface area contributed by atoms with Crippen LogP contribution in [-0.4, -0.2) is 52.2 Å². The Morgan fingerprint density at radius 1 is 1.24 bits per heavy atom. The molecule has 25 heavy (non-hydrogen) atoms. The molecule has 0 aliphatic carbocycles. The van der Waals surface area contributed by atoms with Crippen molar-refractivity contribution in [3.05, 3.63) is 17.2 Å². The standard InChI is InChI=1S/C16H25ClN2O5S/c1-11(2)10-19(25(5,21)22)7-6-16(20)18-13-9-14(23-3)12(17)8-15(13)24-4/h8-9,11H,6-7,10H2,1-5H3,(H,18,20). The van der Waals surface area contributed by atoms with E-state index in [1.54, 1.807) is 6.07 Å². The smallest absolute Gasteiger partial charge is 0.225 e. The van der Waals surface area contributed by atoms with Crippen molar-refractivity contribution in [2.45, 2.75) is 20.3 Å². The Morgan fingerprint density at radius 3 is 2.32 bits per heavy atom. The summed E-state index contributed by atoms with van der Waals surface area (Å²) < 4.78 is 35.2. The van der Waals surface area contributed by atoms with Gasteiger partial charge in [0.25, 0.3) is 0 Å². The summed E-state index contributed by atoms with van der Waals surface area (Å²) in [4.78, 5) is 12.2. The number of nitrogens with one attached hydrogen (secondary N) is 1. The molecule has 0 atom stereocenters. The molecule has 1 N–H and O–H groups in total. The van der Waals surface area contributed by atoms with Crippen LogP contribution in [0.15, 0.2) is 12.1 Å². The van der Waals surface area contributed by atoms with Crippen molar-refractivity contribution in [2.75, 3.05) is 38.9 Å². The van der Waals surface area contributed by atoms with E-state index >= 15 is 0 Å². The second-order valence-electron chi connectivity index (χ2n) is 6.00. The zero-order valence-electron chi connectivity index (χ0n) is 15.1. The highest BCUT2D eigenvalue weighted by Gasteiger charge is 2.19. The molecule has 0 saturated carbocycles. The van der Waals surface area contributed by atoms with Crippen LogP contribution in [0.3, 0.4) is 0 Å². The molecule has 0 aliphatic rings. The van der Waals surface area contributed by atoms with Crippen LogP contribution < -0.4 is 14.8 Å². The number of methoxy groups -OCH3 is 2. The van der Waals surface area contributed by atoms with Crippen molar-refractivity contribution in [1.29, 1.82) is 0 Å². The fourth-order valence-electron chi connectivity index (χ4n) is 2.20. The molecule has 0 unspecified atom stereocenters. The molecule has 9 heteroatoms. The van der Waals surface area contributed by atoms with E-state index in [2.05, 4.69) is 5.32 Å². The van der Waals surface area contributed by atoms with Gasteiger partial charge in [0, 0.05) is 31.6 Å². The molecule has 0 saturated heterocycles. The molecule has 0 aliphatic heterocycles. The molecular weight excluding hydrogens is 368 g/mol. The van der Waals surface area contributed by atoms with E-state index in [-0.39, 0.29) is 24.8 Å². The number of nitrogens with zero attached hydrogens (tertiary/aromatic N) is 1. The van der Waals surface area contributed by atoms with Crippen LogP contribution >= 0.6 is 11.6 Å². The van der Waals surface area contributed by atoms with Crippen LogP contribution in [0.1, 0.15) is 20.3 Å². The van der Waals surface area contributed by atoms with Crippen LogP contribution in [0.25, 0.3) is 0 Å². The largest absolute Gasteiger partial charge is 0.495 e. The molecule has 0 bridgehead atoms. The zero-order chi connectivity index (χ0) is 19.2. The van der Waals surface area contributed by atoms with Crippen LogP contribution in [0.5, 0.6) is 11.5 Å². The maximum atomic E-state index is 12.2. The van der Waals surface area contributed by atoms with E-state index in [0.29, 0.717) is 28.8 Å². The Bertz CT molecular complexity index is 707. The third-order valence-corrected chi connectivity index (χ3v) is 4.94. The van der Waals surface area contributed by atoms with E-state index in [4.69, 9.17) is 21.1 Å². The highest BCUT2D eigenvalue weighted by atomic mass is 35.5. The fraction of sp³-hybridized carbons (Fsp3) is 0.562. The Labute approximate surface area is 154 Å². The number of ether oxygens (including phenoxy) is 2. The van der Waals surface area contributed by atoms with Crippen molar-refractivity contribution in [3.8, 4) is 11.5 Å². The third kappa shape index (κ3) is 6.72. The summed E-state index contributed by atoms with van der Waals surface area (Å²) in [7, 11) is -0.439. The zero-order valence-corrected chi connectivity index (χ0v) is 16.7. The molecule has 1 aromatic rings. The molecule has 7 nitrogen and oxygen atoms in total. The van der Waals surface area contributed by atoms with Crippen molar-refractivity contribution in [1.82, 2.24) is 4.31 Å². The summed E-state index contributed by atoms with van der Waals surface area (Å²) in [6, 6.07) is 3.10. The van der Waals surface area contributed by atoms with Crippen LogP contribution in [0.2, 0.25) is 5.02 Å². The summed E-state index contributed by atoms with van der Waals surface area (Å²) in [5.74, 6) is 0.620. The van der Waals surface area contributed by atoms with Crippen molar-refractivity contribution in [3.63, 3.8) is 0 Å². The minimum atomic E-state index is -3.37. The first-order chi connectivity index (χ1) is 11.6. The minimum Gasteiger partial charge on any atom is -0.495 e. The van der Waals surface area contributed by atoms with Crippen molar-refractivity contribution in [2.24, 2.45) is 5.92 Å². The minimum absolute atomic E-state index is 0.0217. The van der Waals surface area contributed by atoms with Crippen molar-refractivity contribution < 1.29 is 22.7 Å². The molecule has 1 aromatic carbocycles. The third-order valence-electron chi connectivity index (χ3n) is 3.37. The van der Waals surface area contributed by atoms with E-state index in [1.165, 1.54) is 24.6 Å². The molecule has 0 radical (unpaired) electrons. The number of sulfonamides is 1. The van der Waals surface area contributed by atoms with Gasteiger partial charge in [-0.3, -0.25) is 4.79 Å². The first-order valence-corrected chi connectivity index (χ1v) is 9.97. The summed E-state index contributed by atoms with van der Waals surface area (Å²) >= 11 is 6.03. The van der Waals surface area contributed by atoms with Gasteiger partial charge in [-0.05, 0) is 5.92 Å². The number of halogens is 1. The van der Waals surface area contributed by atoms with Gasteiger partial charge in [-0.15, -0.1) is 0 Å². The molecule has 0 aromatic heterocycles. The number of carbonyl (C=O) groups excluding carboxylic acids is 1. The fourth-order valence-corrected chi connectivity index (χ4v) is 3.42. The second kappa shape index (κ2) is 9.26. The average molecular weight is 393 g/mol. The average Bonchev–Trinajstić information content (AvgIpc) is 2.51. The Kier molecular flexibility index (Phi) is 7.98. The number of hydrogen-bond donors (Lipinski definition) is 1. The van der Waals surface area contributed by atoms with E-state index in [1.807, 2.05) is 13.8 Å². The topological polar surface area (TPSA) is 84.9 Å². The van der Waals surface area contributed by atoms with E-state index in [0.717, 1.165) is 6.26 Å². The quantitative estimate of drug-likeness (QED) is 0.698. The number of hydrogen-bond acceptors (Lipinski definition) is 5. The molecule has 142 valence electrons. The highest BCUT2D eigenvalue weighted by Crippen LogP contribution is 2.35. The number of rotatable bonds is 9. The van der Waals surface area contributed by atoms with E-state index < -0.39 is 10.0 Å². The lowest BCUT2D eigenvalue weighted by molar-refractivity contribution is -0.116. The normalized spacial score (nSPS) is 11.7. The van der Waals surface area contributed by atoms with Crippen LogP contribution in [0.4, 0.5) is 5.69 Å². The highest BCUT2D eigenvalue weighted by molar-refractivity contribution is 7.88. The molecule has 0 spiro atoms. The number of benzene rings is 1. The van der Waals surface area contributed by atoms with Crippen LogP contribution in [-0.2, 0) is 14.8 Å². The Morgan fingerprint density at radius 2 is 1.84 bits per heavy atom. The van der Waals surface area contributed by atoms with Gasteiger partial charge in [-0.2, -0.15) is 0 Å². The summed E-state index contributed by atoms with van der Waals surface area (Å²) in [5.41, 5.74) is 0.406. The maximum absolute atomic E-state index is 12.2. The number of anilines is 1. The Hall–Kier alpha value is -1.51. The predicted octanol–water partition coefficient (Wildman–Crippen LogP) is 2.60. The maximum Gasteiger partial charge on any atom is 0.225 e. The number of amides is 1. The molecule has 1 rings (SSSR count). The predicted molar refractivity (Wildman–Crippen MR) is 99.1 cm³/mol. The van der Waals surface area contributed by atoms with Crippen molar-refractivity contribution >= 4 is 33.2 Å². The van der Waals surface area contributed by atoms with Gasteiger partial charge in [0.15, 0.2) is 0 Å². The monoisotopic (exact) mass is 392 g/mol. The van der Waals surface area contributed by atoms with E-state index in [9.17, 15) is 13.2 Å². The molecule has 0 fully saturated rings. The van der Waals surface area contributed by atoms with Gasteiger partial charge < -0.3 is 14.8 Å². The van der Waals surface area contributed by atoms with Gasteiger partial charge >= 0.3 is 0 Å². The number of carbonyl (C=O) groups is 1. The molecule has 0 heterocycles. The van der Waals surface area contributed by atoms with Crippen LogP contribution in [0, 0.1) is 5.92 Å². The summed E-state index contributed by atoms with van der Waals surface area (Å²) in [6.45, 7) is 4.31. The summed E-state index contributed by atoms with van der Waals surface area (Å²) in [6.07, 6.45) is 1.16. The van der Waals surface area contributed by atoms with Gasteiger partial charge in [0.05, 0.1) is 31.2 Å². The van der Waals surface area contributed by atoms with Gasteiger partial charge in [0.2, 0.25) is 15.9 Å². The Balaban J connectivity index is 2.82. The van der Waals surface area contributed by atoms with Gasteiger partial charge in [-0.1, -0.05) is 25.4 Å². The lowest BCUT2D eigenvalue weighted by atomic mass is 10.2. The van der Waals surface area contributed by atoms with Gasteiger partial charge in [0.1, 0.15) is 11.5 Å².